The molecule has 4 heteroatoms. The van der Waals surface area contributed by atoms with E-state index in [1.807, 2.05) is 32.6 Å². The molecule has 0 bridgehead atoms. The average molecular weight is 240 g/mol. The van der Waals surface area contributed by atoms with Crippen molar-refractivity contribution in [1.82, 2.24) is 9.80 Å². The van der Waals surface area contributed by atoms with Gasteiger partial charge in [0.1, 0.15) is 5.78 Å². The molecule has 1 aliphatic rings. The summed E-state index contributed by atoms with van der Waals surface area (Å²) in [7, 11) is 0. The second-order valence-corrected chi connectivity index (χ2v) is 4.80. The van der Waals surface area contributed by atoms with Crippen LogP contribution in [0.2, 0.25) is 0 Å². The predicted octanol–water partition coefficient (Wildman–Crippen LogP) is 1.15. The van der Waals surface area contributed by atoms with Crippen LogP contribution in [-0.4, -0.2) is 53.7 Å². The van der Waals surface area contributed by atoms with Crippen molar-refractivity contribution in [2.75, 3.05) is 26.2 Å². The normalized spacial score (nSPS) is 23.5. The third-order valence-electron chi connectivity index (χ3n) is 3.68. The molecule has 0 saturated carbocycles. The number of nitrogens with zero attached hydrogens (tertiary/aromatic N) is 2. The molecule has 0 radical (unpaired) electrons. The van der Waals surface area contributed by atoms with E-state index in [0.29, 0.717) is 18.7 Å². The number of carbonyl (C=O) groups is 2. The minimum Gasteiger partial charge on any atom is -0.342 e. The second kappa shape index (κ2) is 6.15. The van der Waals surface area contributed by atoms with Gasteiger partial charge in [-0.2, -0.15) is 0 Å². The summed E-state index contributed by atoms with van der Waals surface area (Å²) < 4.78 is 0. The smallest absolute Gasteiger partial charge is 0.239 e. The fourth-order valence-corrected chi connectivity index (χ4v) is 2.35. The van der Waals surface area contributed by atoms with Crippen molar-refractivity contribution in [2.24, 2.45) is 5.92 Å². The first-order chi connectivity index (χ1) is 8.01. The Hall–Kier alpha value is -0.900. The molecule has 98 valence electrons. The topological polar surface area (TPSA) is 40.6 Å². The highest BCUT2D eigenvalue weighted by Gasteiger charge is 2.30. The summed E-state index contributed by atoms with van der Waals surface area (Å²) in [4.78, 5) is 27.6. The fourth-order valence-electron chi connectivity index (χ4n) is 2.35. The molecule has 2 unspecified atom stereocenters. The number of hydrogen-bond acceptors (Lipinski definition) is 3. The Kier molecular flexibility index (Phi) is 5.12. The molecule has 2 atom stereocenters. The highest BCUT2D eigenvalue weighted by atomic mass is 16.2. The second-order valence-electron chi connectivity index (χ2n) is 4.80. The van der Waals surface area contributed by atoms with Crippen LogP contribution in [0.5, 0.6) is 0 Å². The molecule has 0 aromatic carbocycles. The molecule has 0 aromatic rings. The van der Waals surface area contributed by atoms with Crippen LogP contribution in [0.1, 0.15) is 34.1 Å². The quantitative estimate of drug-likeness (QED) is 0.740. The van der Waals surface area contributed by atoms with Gasteiger partial charge >= 0.3 is 0 Å². The van der Waals surface area contributed by atoms with Crippen LogP contribution in [0.15, 0.2) is 0 Å². The zero-order valence-electron chi connectivity index (χ0n) is 11.4. The van der Waals surface area contributed by atoms with Gasteiger partial charge in [-0.05, 0) is 20.8 Å². The van der Waals surface area contributed by atoms with Crippen molar-refractivity contribution < 1.29 is 9.59 Å². The SMILES string of the molecule is CCN(CC)C(=O)C(C)N1CCC(=O)C(C)C1. The van der Waals surface area contributed by atoms with E-state index >= 15 is 0 Å². The van der Waals surface area contributed by atoms with Gasteiger partial charge in [0.2, 0.25) is 5.91 Å². The Labute approximate surface area is 104 Å². The lowest BCUT2D eigenvalue weighted by molar-refractivity contribution is -0.139. The van der Waals surface area contributed by atoms with Crippen LogP contribution < -0.4 is 0 Å². The lowest BCUT2D eigenvalue weighted by Crippen LogP contribution is -2.51. The number of piperidine rings is 1. The zero-order valence-corrected chi connectivity index (χ0v) is 11.4. The van der Waals surface area contributed by atoms with E-state index < -0.39 is 0 Å². The largest absolute Gasteiger partial charge is 0.342 e. The van der Waals surface area contributed by atoms with Crippen LogP contribution in [0, 0.1) is 5.92 Å². The maximum atomic E-state index is 12.2. The standard InChI is InChI=1S/C13H24N2O2/c1-5-14(6-2)13(17)11(4)15-8-7-12(16)10(3)9-15/h10-11H,5-9H2,1-4H3. The number of likely N-dealkylation sites (tertiary alicyclic amines) is 1. The van der Waals surface area contributed by atoms with Gasteiger partial charge in [-0.25, -0.2) is 0 Å². The van der Waals surface area contributed by atoms with Gasteiger partial charge in [0.15, 0.2) is 0 Å². The van der Waals surface area contributed by atoms with Gasteiger partial charge in [0.05, 0.1) is 6.04 Å². The van der Waals surface area contributed by atoms with Crippen LogP contribution in [0.25, 0.3) is 0 Å². The summed E-state index contributed by atoms with van der Waals surface area (Å²) in [6.45, 7) is 10.8. The van der Waals surface area contributed by atoms with Gasteiger partial charge in [0, 0.05) is 38.5 Å². The lowest BCUT2D eigenvalue weighted by Gasteiger charge is -2.36. The monoisotopic (exact) mass is 240 g/mol. The van der Waals surface area contributed by atoms with E-state index in [9.17, 15) is 9.59 Å². The number of amides is 1. The Morgan fingerprint density at radius 1 is 1.47 bits per heavy atom. The van der Waals surface area contributed by atoms with Crippen molar-refractivity contribution in [2.45, 2.75) is 40.2 Å². The average Bonchev–Trinajstić information content (AvgIpc) is 2.33. The molecular weight excluding hydrogens is 216 g/mol. The summed E-state index contributed by atoms with van der Waals surface area (Å²) in [6.07, 6.45) is 0.580. The summed E-state index contributed by atoms with van der Waals surface area (Å²) in [5.41, 5.74) is 0. The van der Waals surface area contributed by atoms with Gasteiger partial charge in [-0.1, -0.05) is 6.92 Å². The third-order valence-corrected chi connectivity index (χ3v) is 3.68. The van der Waals surface area contributed by atoms with Crippen molar-refractivity contribution in [3.63, 3.8) is 0 Å². The Balaban J connectivity index is 2.60. The number of hydrogen-bond donors (Lipinski definition) is 0. The fraction of sp³-hybridized carbons (Fsp3) is 0.846. The molecule has 0 spiro atoms. The molecule has 1 saturated heterocycles. The molecule has 1 aliphatic heterocycles. The molecule has 1 amide bonds. The first-order valence-corrected chi connectivity index (χ1v) is 6.56. The van der Waals surface area contributed by atoms with Gasteiger partial charge in [-0.3, -0.25) is 14.5 Å². The van der Waals surface area contributed by atoms with Gasteiger partial charge < -0.3 is 4.90 Å². The molecule has 0 aromatic heterocycles. The van der Waals surface area contributed by atoms with E-state index in [1.54, 1.807) is 0 Å². The zero-order chi connectivity index (χ0) is 13.0. The predicted molar refractivity (Wildman–Crippen MR) is 67.8 cm³/mol. The highest BCUT2D eigenvalue weighted by Crippen LogP contribution is 2.16. The minimum atomic E-state index is -0.106. The molecule has 1 heterocycles. The summed E-state index contributed by atoms with van der Waals surface area (Å²) in [5.74, 6) is 0.566. The maximum Gasteiger partial charge on any atom is 0.239 e. The maximum absolute atomic E-state index is 12.2. The Bertz CT molecular complexity index is 287. The van der Waals surface area contributed by atoms with Crippen molar-refractivity contribution in [3.8, 4) is 0 Å². The molecule has 1 fully saturated rings. The van der Waals surface area contributed by atoms with E-state index in [2.05, 4.69) is 4.90 Å². The molecule has 0 N–H and O–H groups in total. The number of rotatable bonds is 4. The van der Waals surface area contributed by atoms with Crippen LogP contribution in [-0.2, 0) is 9.59 Å². The molecule has 0 aliphatic carbocycles. The van der Waals surface area contributed by atoms with Crippen LogP contribution in [0.4, 0.5) is 0 Å². The first-order valence-electron chi connectivity index (χ1n) is 6.56. The van der Waals surface area contributed by atoms with Crippen molar-refractivity contribution in [1.29, 1.82) is 0 Å². The lowest BCUT2D eigenvalue weighted by atomic mass is 9.97. The van der Waals surface area contributed by atoms with E-state index in [1.165, 1.54) is 0 Å². The minimum absolute atomic E-state index is 0.0655. The number of ketones is 1. The summed E-state index contributed by atoms with van der Waals surface area (Å²) >= 11 is 0. The molecule has 4 nitrogen and oxygen atoms in total. The van der Waals surface area contributed by atoms with Gasteiger partial charge in [-0.15, -0.1) is 0 Å². The third kappa shape index (κ3) is 3.28. The Morgan fingerprint density at radius 3 is 2.53 bits per heavy atom. The Morgan fingerprint density at radius 2 is 2.06 bits per heavy atom. The van der Waals surface area contributed by atoms with Crippen molar-refractivity contribution >= 4 is 11.7 Å². The van der Waals surface area contributed by atoms with Gasteiger partial charge in [0.25, 0.3) is 0 Å². The summed E-state index contributed by atoms with van der Waals surface area (Å²) in [5, 5.41) is 0. The van der Waals surface area contributed by atoms with E-state index in [4.69, 9.17) is 0 Å². The summed E-state index contributed by atoms with van der Waals surface area (Å²) in [6, 6.07) is -0.106. The van der Waals surface area contributed by atoms with E-state index in [0.717, 1.165) is 19.6 Å². The molecular formula is C13H24N2O2. The first kappa shape index (κ1) is 14.2. The molecule has 1 rings (SSSR count). The van der Waals surface area contributed by atoms with Crippen LogP contribution in [0.3, 0.4) is 0 Å². The van der Waals surface area contributed by atoms with Crippen molar-refractivity contribution in [3.05, 3.63) is 0 Å². The number of likely N-dealkylation sites (N-methyl/N-ethyl adjacent to an activating group) is 1. The molecule has 17 heavy (non-hydrogen) atoms. The number of Topliss-reactive ketones (excluding diaryl/α,β-unsaturated/α-hetero) is 1. The van der Waals surface area contributed by atoms with E-state index in [-0.39, 0.29) is 17.9 Å². The number of carbonyl (C=O) groups excluding carboxylic acids is 2. The van der Waals surface area contributed by atoms with Crippen LogP contribution >= 0.6 is 0 Å². The highest BCUT2D eigenvalue weighted by molar-refractivity contribution is 5.84.